The molecule has 0 bridgehead atoms. The lowest BCUT2D eigenvalue weighted by Gasteiger charge is -2.08. The van der Waals surface area contributed by atoms with Crippen molar-refractivity contribution in [1.82, 2.24) is 0 Å². The van der Waals surface area contributed by atoms with E-state index in [1.807, 2.05) is 0 Å². The number of rotatable bonds is 4. The highest BCUT2D eigenvalue weighted by Crippen LogP contribution is 2.22. The minimum Gasteiger partial charge on any atom is -0.494 e. The van der Waals surface area contributed by atoms with Crippen LogP contribution in [0.3, 0.4) is 0 Å². The van der Waals surface area contributed by atoms with Crippen molar-refractivity contribution < 1.29 is 13.9 Å². The summed E-state index contributed by atoms with van der Waals surface area (Å²) in [6, 6.07) is 10.7. The van der Waals surface area contributed by atoms with E-state index < -0.39 is 5.82 Å². The highest BCUT2D eigenvalue weighted by molar-refractivity contribution is 6.04. The fraction of sp³-hybridized carbons (Fsp3) is 0.0714. The maximum atomic E-state index is 13.3. The van der Waals surface area contributed by atoms with E-state index in [9.17, 15) is 9.18 Å². The molecule has 0 aliphatic heterocycles. The van der Waals surface area contributed by atoms with Crippen LogP contribution in [0, 0.1) is 5.82 Å². The van der Waals surface area contributed by atoms with Gasteiger partial charge in [0.2, 0.25) is 0 Å². The Morgan fingerprint density at radius 2 is 1.80 bits per heavy atom. The molecule has 104 valence electrons. The summed E-state index contributed by atoms with van der Waals surface area (Å²) in [6.45, 7) is 0. The van der Waals surface area contributed by atoms with Crippen LogP contribution >= 0.6 is 0 Å². The number of nitrogen functional groups attached to an aromatic ring is 1. The summed E-state index contributed by atoms with van der Waals surface area (Å²) in [4.78, 5) is 12.0. The van der Waals surface area contributed by atoms with Crippen LogP contribution in [-0.4, -0.2) is 13.0 Å². The Morgan fingerprint density at radius 1 is 1.15 bits per heavy atom. The lowest BCUT2D eigenvalue weighted by molar-refractivity contribution is 0.102. The smallest absolute Gasteiger partial charge is 0.255 e. The van der Waals surface area contributed by atoms with Crippen LogP contribution < -0.4 is 21.3 Å². The Kier molecular flexibility index (Phi) is 4.17. The molecule has 0 atom stereocenters. The minimum absolute atomic E-state index is 0.0745. The van der Waals surface area contributed by atoms with Gasteiger partial charge in [0.1, 0.15) is 0 Å². The van der Waals surface area contributed by atoms with Gasteiger partial charge >= 0.3 is 0 Å². The molecule has 0 aliphatic rings. The van der Waals surface area contributed by atoms with Crippen molar-refractivity contribution in [2.24, 2.45) is 5.84 Å². The van der Waals surface area contributed by atoms with E-state index in [1.165, 1.54) is 25.3 Å². The largest absolute Gasteiger partial charge is 0.494 e. The number of benzene rings is 2. The standard InChI is InChI=1S/C14H14FN3O2/c1-20-13-8-11(6-7-12(13)15)17-14(19)9-2-4-10(18-16)5-3-9/h2-8,18H,16H2,1H3,(H,17,19). The van der Waals surface area contributed by atoms with Gasteiger partial charge in [0.25, 0.3) is 5.91 Å². The third-order valence-corrected chi connectivity index (χ3v) is 2.72. The molecule has 0 unspecified atom stereocenters. The first-order valence-electron chi connectivity index (χ1n) is 5.85. The van der Waals surface area contributed by atoms with Gasteiger partial charge in [-0.3, -0.25) is 10.6 Å². The topological polar surface area (TPSA) is 76.4 Å². The van der Waals surface area contributed by atoms with E-state index >= 15 is 0 Å². The van der Waals surface area contributed by atoms with E-state index in [1.54, 1.807) is 24.3 Å². The van der Waals surface area contributed by atoms with Crippen molar-refractivity contribution in [3.8, 4) is 5.75 Å². The zero-order valence-electron chi connectivity index (χ0n) is 10.8. The predicted octanol–water partition coefficient (Wildman–Crippen LogP) is 2.37. The first-order chi connectivity index (χ1) is 9.63. The molecule has 0 aliphatic carbocycles. The molecule has 0 radical (unpaired) electrons. The lowest BCUT2D eigenvalue weighted by Crippen LogP contribution is -2.12. The molecule has 1 amide bonds. The molecule has 0 aromatic heterocycles. The van der Waals surface area contributed by atoms with E-state index in [0.29, 0.717) is 16.9 Å². The number of carbonyl (C=O) groups is 1. The van der Waals surface area contributed by atoms with Crippen LogP contribution in [-0.2, 0) is 0 Å². The van der Waals surface area contributed by atoms with Crippen LogP contribution in [0.15, 0.2) is 42.5 Å². The Balaban J connectivity index is 2.14. The molecule has 2 aromatic rings. The molecule has 0 heterocycles. The molecule has 2 rings (SSSR count). The fourth-order valence-corrected chi connectivity index (χ4v) is 1.66. The molecule has 0 saturated carbocycles. The van der Waals surface area contributed by atoms with E-state index in [-0.39, 0.29) is 11.7 Å². The second-order valence-electron chi connectivity index (χ2n) is 4.03. The maximum Gasteiger partial charge on any atom is 0.255 e. The molecular formula is C14H14FN3O2. The number of hydrogen-bond acceptors (Lipinski definition) is 4. The van der Waals surface area contributed by atoms with Gasteiger partial charge in [-0.2, -0.15) is 0 Å². The third kappa shape index (κ3) is 3.04. The Bertz CT molecular complexity index is 614. The summed E-state index contributed by atoms with van der Waals surface area (Å²) >= 11 is 0. The summed E-state index contributed by atoms with van der Waals surface area (Å²) in [5.74, 6) is 4.53. The highest BCUT2D eigenvalue weighted by atomic mass is 19.1. The SMILES string of the molecule is COc1cc(NC(=O)c2ccc(NN)cc2)ccc1F. The quantitative estimate of drug-likeness (QED) is 0.591. The average molecular weight is 275 g/mol. The molecular weight excluding hydrogens is 261 g/mol. The summed E-state index contributed by atoms with van der Waals surface area (Å²) in [5.41, 5.74) is 4.09. The van der Waals surface area contributed by atoms with Crippen molar-refractivity contribution in [2.45, 2.75) is 0 Å². The molecule has 6 heteroatoms. The number of anilines is 2. The monoisotopic (exact) mass is 275 g/mol. The number of carbonyl (C=O) groups excluding carboxylic acids is 1. The number of hydrogen-bond donors (Lipinski definition) is 3. The molecule has 5 nitrogen and oxygen atoms in total. The van der Waals surface area contributed by atoms with Gasteiger partial charge < -0.3 is 15.5 Å². The van der Waals surface area contributed by atoms with Gasteiger partial charge in [-0.05, 0) is 36.4 Å². The number of halogens is 1. The van der Waals surface area contributed by atoms with Gasteiger partial charge in [-0.15, -0.1) is 0 Å². The van der Waals surface area contributed by atoms with Gasteiger partial charge in [-0.1, -0.05) is 0 Å². The minimum atomic E-state index is -0.483. The van der Waals surface area contributed by atoms with E-state index in [0.717, 1.165) is 0 Å². The zero-order chi connectivity index (χ0) is 14.5. The Hall–Kier alpha value is -2.60. The normalized spacial score (nSPS) is 9.95. The second-order valence-corrected chi connectivity index (χ2v) is 4.03. The van der Waals surface area contributed by atoms with Crippen molar-refractivity contribution >= 4 is 17.3 Å². The average Bonchev–Trinajstić information content (AvgIpc) is 2.49. The Labute approximate surface area is 115 Å². The Morgan fingerprint density at radius 3 is 2.40 bits per heavy atom. The van der Waals surface area contributed by atoms with Crippen LogP contribution in [0.25, 0.3) is 0 Å². The first kappa shape index (κ1) is 13.8. The van der Waals surface area contributed by atoms with Crippen LogP contribution in [0.1, 0.15) is 10.4 Å². The van der Waals surface area contributed by atoms with Crippen LogP contribution in [0.2, 0.25) is 0 Å². The van der Waals surface area contributed by atoms with Crippen molar-refractivity contribution in [3.63, 3.8) is 0 Å². The highest BCUT2D eigenvalue weighted by Gasteiger charge is 2.08. The number of hydrazine groups is 1. The summed E-state index contributed by atoms with van der Waals surface area (Å²) in [7, 11) is 1.36. The molecule has 0 fully saturated rings. The maximum absolute atomic E-state index is 13.3. The number of amides is 1. The lowest BCUT2D eigenvalue weighted by atomic mass is 10.2. The predicted molar refractivity (Wildman–Crippen MR) is 75.2 cm³/mol. The molecule has 4 N–H and O–H groups in total. The number of nitrogens with two attached hydrogens (primary N) is 1. The van der Waals surface area contributed by atoms with Gasteiger partial charge in [0.05, 0.1) is 7.11 Å². The number of nitrogens with one attached hydrogen (secondary N) is 2. The van der Waals surface area contributed by atoms with Gasteiger partial charge in [-0.25, -0.2) is 4.39 Å². The van der Waals surface area contributed by atoms with Crippen LogP contribution in [0.4, 0.5) is 15.8 Å². The van der Waals surface area contributed by atoms with Gasteiger partial charge in [0.15, 0.2) is 11.6 Å². The number of ether oxygens (including phenoxy) is 1. The summed E-state index contributed by atoms with van der Waals surface area (Å²) in [5, 5.41) is 2.66. The second kappa shape index (κ2) is 6.03. The molecule has 0 saturated heterocycles. The van der Waals surface area contributed by atoms with Crippen molar-refractivity contribution in [3.05, 3.63) is 53.8 Å². The summed E-state index contributed by atoms with van der Waals surface area (Å²) < 4.78 is 18.1. The zero-order valence-corrected chi connectivity index (χ0v) is 10.8. The first-order valence-corrected chi connectivity index (χ1v) is 5.85. The van der Waals surface area contributed by atoms with E-state index in [2.05, 4.69) is 10.7 Å². The third-order valence-electron chi connectivity index (χ3n) is 2.72. The number of methoxy groups -OCH3 is 1. The fourth-order valence-electron chi connectivity index (χ4n) is 1.66. The van der Waals surface area contributed by atoms with Crippen molar-refractivity contribution in [1.29, 1.82) is 0 Å². The molecule has 2 aromatic carbocycles. The molecule has 0 spiro atoms. The molecule has 20 heavy (non-hydrogen) atoms. The van der Waals surface area contributed by atoms with Crippen molar-refractivity contribution in [2.75, 3.05) is 17.9 Å². The van der Waals surface area contributed by atoms with Crippen LogP contribution in [0.5, 0.6) is 5.75 Å². The van der Waals surface area contributed by atoms with E-state index in [4.69, 9.17) is 10.6 Å². The summed E-state index contributed by atoms with van der Waals surface area (Å²) in [6.07, 6.45) is 0. The van der Waals surface area contributed by atoms with Gasteiger partial charge in [0, 0.05) is 23.0 Å².